The Morgan fingerprint density at radius 2 is 2.20 bits per heavy atom. The molecule has 0 saturated heterocycles. The first-order valence-corrected chi connectivity index (χ1v) is 7.39. The Bertz CT molecular complexity index is 106. The minimum atomic E-state index is -2.40. The monoisotopic (exact) mass is 198 g/mol. The first-order chi connectivity index (χ1) is 4.62. The van der Waals surface area contributed by atoms with Crippen molar-refractivity contribution >= 4 is 29.1 Å². The average Bonchev–Trinajstić information content (AvgIpc) is 1.84. The molecule has 0 spiro atoms. The maximum Gasteiger partial charge on any atom is 0.393 e. The van der Waals surface area contributed by atoms with Gasteiger partial charge in [-0.3, -0.25) is 0 Å². The standard InChI is InChI=1S/C6H12Cl2OSi/c1-3-5-9-10(7,8)6-4-2/h4H,2-3,5-6H2,1H3. The molecule has 0 rings (SSSR count). The van der Waals surface area contributed by atoms with Crippen molar-refractivity contribution in [3.63, 3.8) is 0 Å². The molecule has 0 aromatic carbocycles. The second kappa shape index (κ2) is 5.19. The van der Waals surface area contributed by atoms with Gasteiger partial charge < -0.3 is 4.43 Å². The zero-order chi connectivity index (χ0) is 8.04. The van der Waals surface area contributed by atoms with Crippen LogP contribution in [-0.4, -0.2) is 13.5 Å². The van der Waals surface area contributed by atoms with Crippen molar-refractivity contribution in [2.24, 2.45) is 0 Å². The van der Waals surface area contributed by atoms with Crippen molar-refractivity contribution in [2.45, 2.75) is 19.4 Å². The predicted octanol–water partition coefficient (Wildman–Crippen LogP) is 3.02. The Morgan fingerprint density at radius 1 is 1.60 bits per heavy atom. The topological polar surface area (TPSA) is 9.23 Å². The minimum absolute atomic E-state index is 0.593. The van der Waals surface area contributed by atoms with Crippen LogP contribution in [0.1, 0.15) is 13.3 Å². The smallest absolute Gasteiger partial charge is 0.392 e. The first kappa shape index (κ1) is 10.5. The van der Waals surface area contributed by atoms with Crippen molar-refractivity contribution in [1.82, 2.24) is 0 Å². The fraction of sp³-hybridized carbons (Fsp3) is 0.667. The molecule has 0 atom stereocenters. The summed E-state index contributed by atoms with van der Waals surface area (Å²) in [6, 6.07) is 0.593. The van der Waals surface area contributed by atoms with Gasteiger partial charge in [-0.05, 0) is 6.42 Å². The zero-order valence-corrected chi connectivity index (χ0v) is 8.58. The molecule has 0 bridgehead atoms. The molecule has 0 amide bonds. The van der Waals surface area contributed by atoms with E-state index in [4.69, 9.17) is 26.6 Å². The first-order valence-electron chi connectivity index (χ1n) is 3.25. The lowest BCUT2D eigenvalue weighted by molar-refractivity contribution is 0.325. The van der Waals surface area contributed by atoms with Crippen LogP contribution >= 0.6 is 22.2 Å². The van der Waals surface area contributed by atoms with Crippen LogP contribution in [0.2, 0.25) is 6.04 Å². The van der Waals surface area contributed by atoms with E-state index < -0.39 is 6.94 Å². The van der Waals surface area contributed by atoms with E-state index in [-0.39, 0.29) is 0 Å². The summed E-state index contributed by atoms with van der Waals surface area (Å²) in [5.74, 6) is 0. The number of hydrogen-bond donors (Lipinski definition) is 0. The molecule has 0 saturated carbocycles. The number of allylic oxidation sites excluding steroid dienone is 1. The van der Waals surface area contributed by atoms with Crippen LogP contribution in [-0.2, 0) is 4.43 Å². The highest BCUT2D eigenvalue weighted by Crippen LogP contribution is 2.21. The zero-order valence-electron chi connectivity index (χ0n) is 6.07. The molecule has 4 heteroatoms. The maximum absolute atomic E-state index is 5.83. The predicted molar refractivity (Wildman–Crippen MR) is 48.7 cm³/mol. The lowest BCUT2D eigenvalue weighted by atomic mass is 10.5. The van der Waals surface area contributed by atoms with Gasteiger partial charge in [-0.15, -0.1) is 28.7 Å². The number of rotatable bonds is 5. The van der Waals surface area contributed by atoms with Crippen LogP contribution in [0, 0.1) is 0 Å². The summed E-state index contributed by atoms with van der Waals surface area (Å²) in [4.78, 5) is 0. The average molecular weight is 199 g/mol. The van der Waals surface area contributed by atoms with Gasteiger partial charge in [0, 0.05) is 12.7 Å². The van der Waals surface area contributed by atoms with Gasteiger partial charge in [0.25, 0.3) is 0 Å². The summed E-state index contributed by atoms with van der Waals surface area (Å²) in [6.45, 7) is 3.81. The molecular weight excluding hydrogens is 187 g/mol. The number of hydrogen-bond acceptors (Lipinski definition) is 1. The van der Waals surface area contributed by atoms with Crippen LogP contribution in [0.15, 0.2) is 12.7 Å². The summed E-state index contributed by atoms with van der Waals surface area (Å²) in [7, 11) is 0. The van der Waals surface area contributed by atoms with Crippen LogP contribution in [0.25, 0.3) is 0 Å². The van der Waals surface area contributed by atoms with Crippen molar-refractivity contribution in [3.8, 4) is 0 Å². The molecule has 0 aliphatic rings. The van der Waals surface area contributed by atoms with E-state index in [9.17, 15) is 0 Å². The molecule has 0 fully saturated rings. The second-order valence-electron chi connectivity index (χ2n) is 1.98. The van der Waals surface area contributed by atoms with Crippen LogP contribution in [0.4, 0.5) is 0 Å². The van der Waals surface area contributed by atoms with Gasteiger partial charge in [0.2, 0.25) is 0 Å². The van der Waals surface area contributed by atoms with E-state index in [2.05, 4.69) is 6.58 Å². The Morgan fingerprint density at radius 3 is 2.60 bits per heavy atom. The molecule has 60 valence electrons. The lowest BCUT2D eigenvalue weighted by Gasteiger charge is -2.13. The van der Waals surface area contributed by atoms with E-state index >= 15 is 0 Å². The van der Waals surface area contributed by atoms with E-state index in [1.165, 1.54) is 0 Å². The van der Waals surface area contributed by atoms with Crippen molar-refractivity contribution in [3.05, 3.63) is 12.7 Å². The van der Waals surface area contributed by atoms with Gasteiger partial charge in [-0.1, -0.05) is 13.0 Å². The van der Waals surface area contributed by atoms with Crippen LogP contribution in [0.3, 0.4) is 0 Å². The normalized spacial score (nSPS) is 11.5. The lowest BCUT2D eigenvalue weighted by Crippen LogP contribution is -2.23. The highest BCUT2D eigenvalue weighted by atomic mass is 35.7. The van der Waals surface area contributed by atoms with Crippen LogP contribution < -0.4 is 0 Å². The summed E-state index contributed by atoms with van der Waals surface area (Å²) in [5, 5.41) is 0. The largest absolute Gasteiger partial charge is 0.393 e. The Hall–Kier alpha value is 0.497. The highest BCUT2D eigenvalue weighted by Gasteiger charge is 2.27. The van der Waals surface area contributed by atoms with E-state index in [0.29, 0.717) is 12.7 Å². The second-order valence-corrected chi connectivity index (χ2v) is 8.19. The summed E-state index contributed by atoms with van der Waals surface area (Å²) >= 11 is 11.7. The van der Waals surface area contributed by atoms with Gasteiger partial charge in [0.15, 0.2) is 0 Å². The molecule has 0 aliphatic carbocycles. The fourth-order valence-electron chi connectivity index (χ4n) is 0.478. The summed E-state index contributed by atoms with van der Waals surface area (Å²) in [6.07, 6.45) is 2.65. The SMILES string of the molecule is C=CC[Si](Cl)(Cl)OCCC. The molecule has 0 aromatic rings. The molecule has 0 unspecified atom stereocenters. The maximum atomic E-state index is 5.83. The van der Waals surface area contributed by atoms with Crippen molar-refractivity contribution in [2.75, 3.05) is 6.61 Å². The summed E-state index contributed by atoms with van der Waals surface area (Å²) in [5.41, 5.74) is 0. The highest BCUT2D eigenvalue weighted by molar-refractivity contribution is 7.42. The number of halogens is 2. The van der Waals surface area contributed by atoms with Crippen LogP contribution in [0.5, 0.6) is 0 Å². The molecule has 1 nitrogen and oxygen atoms in total. The third-order valence-electron chi connectivity index (χ3n) is 0.899. The van der Waals surface area contributed by atoms with Gasteiger partial charge >= 0.3 is 6.94 Å². The minimum Gasteiger partial charge on any atom is -0.392 e. The van der Waals surface area contributed by atoms with Crippen molar-refractivity contribution < 1.29 is 4.43 Å². The molecule has 0 N–H and O–H groups in total. The molecule has 0 aromatic heterocycles. The van der Waals surface area contributed by atoms with Gasteiger partial charge in [-0.25, -0.2) is 0 Å². The van der Waals surface area contributed by atoms with E-state index in [0.717, 1.165) is 6.42 Å². The van der Waals surface area contributed by atoms with E-state index in [1.807, 2.05) is 6.92 Å². The Labute approximate surface area is 72.5 Å². The molecule has 0 aliphatic heterocycles. The molecule has 0 radical (unpaired) electrons. The molecule has 0 heterocycles. The molecule has 10 heavy (non-hydrogen) atoms. The fourth-order valence-corrected chi connectivity index (χ4v) is 2.55. The van der Waals surface area contributed by atoms with Gasteiger partial charge in [0.1, 0.15) is 0 Å². The quantitative estimate of drug-likeness (QED) is 0.375. The Kier molecular flexibility index (Phi) is 5.45. The Balaban J connectivity index is 3.51. The van der Waals surface area contributed by atoms with E-state index in [1.54, 1.807) is 6.08 Å². The summed E-state index contributed by atoms with van der Waals surface area (Å²) < 4.78 is 5.22. The molecular formula is C6H12Cl2OSi. The van der Waals surface area contributed by atoms with Crippen molar-refractivity contribution in [1.29, 1.82) is 0 Å². The van der Waals surface area contributed by atoms with Gasteiger partial charge in [-0.2, -0.15) is 0 Å². The third kappa shape index (κ3) is 5.29. The van der Waals surface area contributed by atoms with Gasteiger partial charge in [0.05, 0.1) is 0 Å². The third-order valence-corrected chi connectivity index (χ3v) is 3.87.